The van der Waals surface area contributed by atoms with Gasteiger partial charge < -0.3 is 44.6 Å². The Morgan fingerprint density at radius 2 is 1.10 bits per heavy atom. The van der Waals surface area contributed by atoms with Gasteiger partial charge in [0.2, 0.25) is 0 Å². The lowest BCUT2D eigenvalue weighted by Gasteiger charge is -2.32. The molecule has 3 saturated heterocycles. The molecular formula is C64H79BClF3N14O6. The largest absolute Gasteiger partial charge is 0.494 e. The molecule has 89 heavy (non-hydrogen) atoms. The molecule has 3 fully saturated rings. The second kappa shape index (κ2) is 29.5. The maximum Gasteiger partial charge on any atom is 0.494 e. The van der Waals surface area contributed by atoms with Gasteiger partial charge in [-0.1, -0.05) is 72.3 Å². The van der Waals surface area contributed by atoms with Crippen molar-refractivity contribution in [1.82, 2.24) is 49.0 Å². The molecule has 11 rings (SSSR count). The number of halogens is 4. The van der Waals surface area contributed by atoms with Gasteiger partial charge in [0.15, 0.2) is 22.9 Å². The third-order valence-corrected chi connectivity index (χ3v) is 16.2. The van der Waals surface area contributed by atoms with E-state index in [1.54, 1.807) is 21.6 Å². The monoisotopic (exact) mass is 1240 g/mol. The normalized spacial score (nSPS) is 16.8. The number of carbonyl (C=O) groups is 3. The molecule has 0 saturated carbocycles. The molecule has 6 aromatic heterocycles. The Morgan fingerprint density at radius 3 is 1.53 bits per heavy atom. The minimum atomic E-state index is -5.08. The lowest BCUT2D eigenvalue weighted by atomic mass is 9.78. The van der Waals surface area contributed by atoms with Crippen LogP contribution < -0.4 is 25.9 Å². The van der Waals surface area contributed by atoms with Gasteiger partial charge in [0.25, 0.3) is 0 Å². The second-order valence-corrected chi connectivity index (χ2v) is 24.3. The number of carboxylic acid groups (broad SMARTS) is 1. The Kier molecular flexibility index (Phi) is 22.2. The van der Waals surface area contributed by atoms with Gasteiger partial charge in [0.1, 0.15) is 35.9 Å². The predicted octanol–water partition coefficient (Wildman–Crippen LogP) is 11.7. The Morgan fingerprint density at radius 1 is 0.663 bits per heavy atom. The van der Waals surface area contributed by atoms with Crippen LogP contribution in [0.5, 0.6) is 0 Å². The van der Waals surface area contributed by atoms with Gasteiger partial charge in [0.05, 0.1) is 27.6 Å². The minimum absolute atomic E-state index is 0.177. The van der Waals surface area contributed by atoms with E-state index in [-0.39, 0.29) is 29.9 Å². The van der Waals surface area contributed by atoms with E-state index in [2.05, 4.69) is 82.4 Å². The summed E-state index contributed by atoms with van der Waals surface area (Å²) in [5.41, 5.74) is 6.80. The number of rotatable bonds is 18. The van der Waals surface area contributed by atoms with Gasteiger partial charge in [-0.05, 0) is 169 Å². The molecule has 0 radical (unpaired) electrons. The molecule has 20 nitrogen and oxygen atoms in total. The maximum atomic E-state index is 12.6. The number of carboxylic acids is 1. The molecule has 0 amide bonds. The highest BCUT2D eigenvalue weighted by molar-refractivity contribution is 6.62. The zero-order valence-electron chi connectivity index (χ0n) is 52.1. The fourth-order valence-electron chi connectivity index (χ4n) is 10.3. The van der Waals surface area contributed by atoms with E-state index in [9.17, 15) is 22.8 Å². The van der Waals surface area contributed by atoms with Crippen LogP contribution >= 0.6 is 11.6 Å². The van der Waals surface area contributed by atoms with Crippen LogP contribution in [0.1, 0.15) is 114 Å². The molecule has 2 aromatic carbocycles. The summed E-state index contributed by atoms with van der Waals surface area (Å²) in [4.78, 5) is 60.8. The van der Waals surface area contributed by atoms with Gasteiger partial charge in [-0.25, -0.2) is 33.8 Å². The molecule has 0 unspecified atom stereocenters. The highest BCUT2D eigenvalue weighted by Gasteiger charge is 2.51. The van der Waals surface area contributed by atoms with Gasteiger partial charge >= 0.3 is 19.3 Å². The van der Waals surface area contributed by atoms with E-state index in [1.807, 2.05) is 141 Å². The predicted molar refractivity (Wildman–Crippen MR) is 344 cm³/mol. The van der Waals surface area contributed by atoms with Gasteiger partial charge in [-0.3, -0.25) is 9.59 Å². The number of alkyl halides is 3. The Labute approximate surface area is 522 Å². The molecule has 3 N–H and O–H groups in total. The number of aliphatic carboxylic acids is 1. The van der Waals surface area contributed by atoms with Crippen LogP contribution in [0.25, 0.3) is 22.4 Å². The molecule has 0 spiro atoms. The van der Waals surface area contributed by atoms with Gasteiger partial charge in [-0.2, -0.15) is 23.4 Å². The first-order valence-corrected chi connectivity index (χ1v) is 30.2. The van der Waals surface area contributed by atoms with E-state index in [0.29, 0.717) is 29.9 Å². The number of fused-ring (bicyclic) bond motifs is 2. The first-order valence-electron chi connectivity index (χ1n) is 29.8. The third-order valence-electron chi connectivity index (χ3n) is 16.0. The number of aromatic nitrogens is 8. The summed E-state index contributed by atoms with van der Waals surface area (Å²) in [6.45, 7) is 16.6. The Hall–Kier alpha value is -8.03. The van der Waals surface area contributed by atoms with Crippen molar-refractivity contribution >= 4 is 87.7 Å². The second-order valence-electron chi connectivity index (χ2n) is 23.9. The van der Waals surface area contributed by atoms with Crippen LogP contribution in [-0.4, -0.2) is 163 Å². The summed E-state index contributed by atoms with van der Waals surface area (Å²) in [7, 11) is 7.70. The SMILES string of the molecule is CN(C)CCCC(=O)c1ccc(B2OC(C)(C)C(C)(C)O2)cc1.C[C@H]1CCCN1c1cccc(Nc2cc(-c3ccc(C(=O)CCCN(C)C)cc3)cn3ncnc23)n1.C[C@H]1CCCN1c1cccc(Nc2cc(Cl)cn3ncnc23)n1.O=C(O)C(F)(F)F. The topological polar surface area (TPSA) is 213 Å². The fraction of sp³-hybridized carbons (Fsp3) is 0.422. The highest BCUT2D eigenvalue weighted by Crippen LogP contribution is 2.37. The summed E-state index contributed by atoms with van der Waals surface area (Å²) >= 11 is 6.14. The number of anilines is 6. The molecule has 3 aliphatic heterocycles. The quantitative estimate of drug-likeness (QED) is 0.0538. The Balaban J connectivity index is 0.000000169. The number of Topliss-reactive ketones (excluding diaryl/α,β-unsaturated/α-hetero) is 2. The van der Waals surface area contributed by atoms with Crippen molar-refractivity contribution in [3.8, 4) is 11.1 Å². The molecule has 0 bridgehead atoms. The number of benzene rings is 2. The zero-order valence-corrected chi connectivity index (χ0v) is 52.9. The van der Waals surface area contributed by atoms with E-state index in [0.717, 1.165) is 113 Å². The van der Waals surface area contributed by atoms with Crippen molar-refractivity contribution in [2.24, 2.45) is 0 Å². The number of pyridine rings is 4. The molecular weight excluding hydrogens is 1160 g/mol. The molecule has 8 aromatic rings. The maximum absolute atomic E-state index is 12.6. The van der Waals surface area contributed by atoms with Gasteiger partial charge in [0, 0.05) is 67.1 Å². The first kappa shape index (κ1) is 66.9. The molecule has 472 valence electrons. The van der Waals surface area contributed by atoms with Crippen molar-refractivity contribution in [1.29, 1.82) is 0 Å². The van der Waals surface area contributed by atoms with Crippen molar-refractivity contribution in [3.05, 3.63) is 138 Å². The Bertz CT molecular complexity index is 3660. The lowest BCUT2D eigenvalue weighted by molar-refractivity contribution is -0.192. The number of hydrogen-bond acceptors (Lipinski definition) is 17. The summed E-state index contributed by atoms with van der Waals surface area (Å²) in [6.07, 6.45) is 9.36. The number of carbonyl (C=O) groups excluding carboxylic acids is 2. The first-order chi connectivity index (χ1) is 42.2. The van der Waals surface area contributed by atoms with E-state index in [4.69, 9.17) is 40.8 Å². The highest BCUT2D eigenvalue weighted by atomic mass is 35.5. The minimum Gasteiger partial charge on any atom is -0.475 e. The lowest BCUT2D eigenvalue weighted by Crippen LogP contribution is -2.41. The molecule has 25 heteroatoms. The molecule has 0 aliphatic carbocycles. The number of nitrogens with zero attached hydrogens (tertiary/aromatic N) is 12. The van der Waals surface area contributed by atoms with E-state index in [1.165, 1.54) is 32.0 Å². The van der Waals surface area contributed by atoms with Crippen LogP contribution in [-0.2, 0) is 14.1 Å². The zero-order chi connectivity index (χ0) is 64.2. The van der Waals surface area contributed by atoms with E-state index >= 15 is 0 Å². The van der Waals surface area contributed by atoms with Crippen LogP contribution in [0.2, 0.25) is 5.02 Å². The number of nitrogens with one attached hydrogen (secondary N) is 2. The summed E-state index contributed by atoms with van der Waals surface area (Å²) in [6, 6.07) is 32.4. The third kappa shape index (κ3) is 17.9. The van der Waals surface area contributed by atoms with Crippen molar-refractivity contribution < 1.29 is 42.0 Å². The standard InChI is InChI=1S/C28H33N7O.C18H28BNO3.C16H17ClN6.C2HF3O2/c1-20-7-5-16-34(20)27-10-4-9-26(32-27)31-24-17-23(18-35-28(24)29-19-30-35)21-11-13-22(14-12-21)25(36)8-6-15-33(2)3;1-17(2)18(3,4)23-19(22-17)15-11-9-14(10-12-15)16(21)8-7-13-20(5)6;1-11-4-3-7-22(11)15-6-2-5-14(21-15)20-13-8-12(17)9-23-16(13)18-10-19-23;3-2(4,5)1(6)7/h4,9-14,17-20H,5-8,15-16H2,1-3H3,(H,31,32);9-12H,7-8,13H2,1-6H3;2,5-6,8-11H,3-4,7H2,1H3,(H,20,21);(H,6,7)/t20-;;11-;/m0.0./s1. The van der Waals surface area contributed by atoms with Crippen LogP contribution in [0.3, 0.4) is 0 Å². The van der Waals surface area contributed by atoms with Gasteiger partial charge in [-0.15, -0.1) is 0 Å². The smallest absolute Gasteiger partial charge is 0.475 e. The summed E-state index contributed by atoms with van der Waals surface area (Å²) in [5, 5.41) is 23.0. The average Bonchev–Trinajstić information content (AvgIpc) is 2.10. The van der Waals surface area contributed by atoms with Crippen LogP contribution in [0, 0.1) is 0 Å². The van der Waals surface area contributed by atoms with Crippen molar-refractivity contribution in [3.63, 3.8) is 0 Å². The number of ketones is 2. The average molecular weight is 1240 g/mol. The fourth-order valence-corrected chi connectivity index (χ4v) is 10.5. The van der Waals surface area contributed by atoms with Crippen LogP contribution in [0.4, 0.5) is 47.8 Å². The van der Waals surface area contributed by atoms with Crippen LogP contribution in [0.15, 0.2) is 122 Å². The van der Waals surface area contributed by atoms with Crippen molar-refractivity contribution in [2.45, 2.75) is 122 Å². The summed E-state index contributed by atoms with van der Waals surface area (Å²) < 4.78 is 47.2. The van der Waals surface area contributed by atoms with Crippen molar-refractivity contribution in [2.75, 3.05) is 74.8 Å². The van der Waals surface area contributed by atoms with E-state index < -0.39 is 12.1 Å². The molecule has 3 aliphatic rings. The molecule has 9 heterocycles. The molecule has 2 atom stereocenters. The number of hydrogen-bond donors (Lipinski definition) is 3. The summed E-state index contributed by atoms with van der Waals surface area (Å²) in [5.74, 6) is 1.14.